The van der Waals surface area contributed by atoms with Crippen LogP contribution in [0.15, 0.2) is 30.3 Å². The van der Waals surface area contributed by atoms with E-state index in [1.807, 2.05) is 30.3 Å². The van der Waals surface area contributed by atoms with Crippen molar-refractivity contribution < 1.29 is 4.52 Å². The molecule has 1 aromatic carbocycles. The van der Waals surface area contributed by atoms with Gasteiger partial charge in [-0.1, -0.05) is 0 Å². The summed E-state index contributed by atoms with van der Waals surface area (Å²) in [7, 11) is 0. The van der Waals surface area contributed by atoms with E-state index in [1.165, 1.54) is 0 Å². The number of hydrogen-bond donors (Lipinski definition) is 0. The van der Waals surface area contributed by atoms with E-state index >= 15 is 0 Å². The predicted molar refractivity (Wildman–Crippen MR) is 68.5 cm³/mol. The molecule has 0 aliphatic carbocycles. The standard InChI is InChI=1S/C10H15ClNOPSe/c1-3-12(4-2)14(11,15)13-10-8-6-5-7-9-10/h5-9H,3-4H2,1-2H3. The van der Waals surface area contributed by atoms with Crippen molar-refractivity contribution in [3.8, 4) is 5.75 Å². The van der Waals surface area contributed by atoms with Crippen LogP contribution < -0.4 is 4.52 Å². The topological polar surface area (TPSA) is 12.5 Å². The molecular weight excluding hydrogens is 296 g/mol. The molecule has 15 heavy (non-hydrogen) atoms. The van der Waals surface area contributed by atoms with Gasteiger partial charge in [0.1, 0.15) is 0 Å². The van der Waals surface area contributed by atoms with E-state index in [2.05, 4.69) is 33.6 Å². The molecule has 2 nitrogen and oxygen atoms in total. The molecule has 0 aromatic heterocycles. The number of nitrogens with zero attached hydrogens (tertiary/aromatic N) is 1. The van der Waals surface area contributed by atoms with Crippen molar-refractivity contribution in [2.45, 2.75) is 13.8 Å². The van der Waals surface area contributed by atoms with E-state index in [-0.39, 0.29) is 0 Å². The second-order valence-corrected chi connectivity index (χ2v) is 10.5. The Morgan fingerprint density at radius 3 is 2.27 bits per heavy atom. The summed E-state index contributed by atoms with van der Waals surface area (Å²) < 4.78 is 7.91. The van der Waals surface area contributed by atoms with Gasteiger partial charge in [-0.2, -0.15) is 0 Å². The molecule has 1 unspecified atom stereocenters. The Balaban J connectivity index is 2.76. The molecule has 0 fully saturated rings. The first kappa shape index (κ1) is 13.3. The third-order valence-electron chi connectivity index (χ3n) is 2.03. The van der Waals surface area contributed by atoms with Gasteiger partial charge in [0.05, 0.1) is 0 Å². The van der Waals surface area contributed by atoms with Crippen molar-refractivity contribution in [2.24, 2.45) is 0 Å². The minimum absolute atomic E-state index is 0.812. The molecule has 0 spiro atoms. The fraction of sp³-hybridized carbons (Fsp3) is 0.400. The predicted octanol–water partition coefficient (Wildman–Crippen LogP) is 3.49. The maximum absolute atomic E-state index is 6.40. The molecule has 0 radical (unpaired) electrons. The van der Waals surface area contributed by atoms with Gasteiger partial charge in [-0.15, -0.1) is 0 Å². The van der Waals surface area contributed by atoms with E-state index < -0.39 is 5.24 Å². The van der Waals surface area contributed by atoms with Gasteiger partial charge in [0.2, 0.25) is 0 Å². The van der Waals surface area contributed by atoms with Crippen LogP contribution in [-0.4, -0.2) is 32.9 Å². The van der Waals surface area contributed by atoms with Crippen LogP contribution in [0, 0.1) is 0 Å². The first-order chi connectivity index (χ1) is 7.10. The molecule has 5 heteroatoms. The average Bonchev–Trinajstić information content (AvgIpc) is 2.19. The Bertz CT molecular complexity index is 343. The maximum atomic E-state index is 6.40. The zero-order valence-corrected chi connectivity index (χ0v) is 12.3. The summed E-state index contributed by atoms with van der Waals surface area (Å²) in [6, 6.07) is 9.66. The molecule has 0 aliphatic heterocycles. The molecule has 0 bridgehead atoms. The Hall–Kier alpha value is 0.219. The van der Waals surface area contributed by atoms with Gasteiger partial charge in [-0.05, 0) is 0 Å². The molecule has 1 rings (SSSR count). The monoisotopic (exact) mass is 311 g/mol. The van der Waals surface area contributed by atoms with E-state index in [4.69, 9.17) is 15.8 Å². The van der Waals surface area contributed by atoms with Crippen molar-refractivity contribution >= 4 is 31.6 Å². The van der Waals surface area contributed by atoms with Crippen LogP contribution in [0.25, 0.3) is 0 Å². The van der Waals surface area contributed by atoms with Crippen molar-refractivity contribution in [3.05, 3.63) is 30.3 Å². The van der Waals surface area contributed by atoms with Crippen molar-refractivity contribution in [3.63, 3.8) is 0 Å². The molecule has 84 valence electrons. The summed E-state index contributed by atoms with van der Waals surface area (Å²) in [6.07, 6.45) is 0. The number of para-hydroxylation sites is 1. The van der Waals surface area contributed by atoms with Gasteiger partial charge >= 0.3 is 104 Å². The summed E-state index contributed by atoms with van der Waals surface area (Å²) in [5, 5.41) is -2.09. The Morgan fingerprint density at radius 2 is 1.80 bits per heavy atom. The second-order valence-electron chi connectivity index (χ2n) is 2.99. The zero-order valence-electron chi connectivity index (χ0n) is 8.89. The van der Waals surface area contributed by atoms with Crippen molar-refractivity contribution in [1.29, 1.82) is 0 Å². The van der Waals surface area contributed by atoms with Crippen molar-refractivity contribution in [2.75, 3.05) is 13.1 Å². The van der Waals surface area contributed by atoms with Crippen LogP contribution in [0.5, 0.6) is 5.75 Å². The first-order valence-corrected chi connectivity index (χ1v) is 9.68. The minimum atomic E-state index is -2.09. The molecule has 0 N–H and O–H groups in total. The van der Waals surface area contributed by atoms with Gasteiger partial charge < -0.3 is 0 Å². The fourth-order valence-corrected chi connectivity index (χ4v) is 5.28. The van der Waals surface area contributed by atoms with Gasteiger partial charge in [0.25, 0.3) is 0 Å². The van der Waals surface area contributed by atoms with Gasteiger partial charge in [-0.3, -0.25) is 0 Å². The van der Waals surface area contributed by atoms with E-state index in [1.54, 1.807) is 0 Å². The third kappa shape index (κ3) is 3.94. The van der Waals surface area contributed by atoms with E-state index in [9.17, 15) is 0 Å². The summed E-state index contributed by atoms with van der Waals surface area (Å²) in [6.45, 7) is 5.92. The SMILES string of the molecule is CCN(CC)P(Cl)(=[Se])Oc1ccccc1. The Morgan fingerprint density at radius 1 is 1.27 bits per heavy atom. The number of benzene rings is 1. The number of halogens is 1. The van der Waals surface area contributed by atoms with Gasteiger partial charge in [-0.25, -0.2) is 0 Å². The second kappa shape index (κ2) is 6.08. The van der Waals surface area contributed by atoms with Crippen LogP contribution >= 0.6 is 16.5 Å². The van der Waals surface area contributed by atoms with Gasteiger partial charge in [0, 0.05) is 0 Å². The first-order valence-electron chi connectivity index (χ1n) is 4.90. The summed E-state index contributed by atoms with van der Waals surface area (Å²) in [5.74, 6) is 0.812. The number of hydrogen-bond acceptors (Lipinski definition) is 2. The summed E-state index contributed by atoms with van der Waals surface area (Å²) in [5.41, 5.74) is 0. The molecule has 0 aliphatic rings. The molecule has 0 heterocycles. The molecule has 1 aromatic rings. The van der Waals surface area contributed by atoms with Gasteiger partial charge in [0.15, 0.2) is 0 Å². The Kier molecular flexibility index (Phi) is 5.38. The number of rotatable bonds is 5. The van der Waals surface area contributed by atoms with E-state index in [0.717, 1.165) is 18.8 Å². The zero-order chi connectivity index (χ0) is 11.3. The molecule has 1 atom stereocenters. The van der Waals surface area contributed by atoms with Crippen LogP contribution in [0.3, 0.4) is 0 Å². The summed E-state index contributed by atoms with van der Waals surface area (Å²) in [4.78, 5) is 0. The normalized spacial score (nSPS) is 14.9. The fourth-order valence-electron chi connectivity index (χ4n) is 1.23. The quantitative estimate of drug-likeness (QED) is 0.610. The van der Waals surface area contributed by atoms with Crippen LogP contribution in [-0.2, 0) is 0 Å². The Labute approximate surface area is 104 Å². The average molecular weight is 311 g/mol. The molecule has 0 saturated heterocycles. The molecule has 0 amide bonds. The van der Waals surface area contributed by atoms with Crippen LogP contribution in [0.2, 0.25) is 0 Å². The summed E-state index contributed by atoms with van der Waals surface area (Å²) >= 11 is 9.38. The third-order valence-corrected chi connectivity index (χ3v) is 6.48. The van der Waals surface area contributed by atoms with Crippen LogP contribution in [0.4, 0.5) is 0 Å². The molecule has 0 saturated carbocycles. The van der Waals surface area contributed by atoms with Crippen molar-refractivity contribution in [1.82, 2.24) is 4.67 Å². The van der Waals surface area contributed by atoms with Crippen LogP contribution in [0.1, 0.15) is 13.8 Å². The van der Waals surface area contributed by atoms with E-state index in [0.29, 0.717) is 0 Å². The molecular formula is C10H15ClNOPSe.